The highest BCUT2D eigenvalue weighted by Crippen LogP contribution is 2.14. The lowest BCUT2D eigenvalue weighted by Gasteiger charge is -2.03. The molecule has 0 radical (unpaired) electrons. The molecule has 1 aromatic carbocycles. The van der Waals surface area contributed by atoms with E-state index in [1.165, 1.54) is 0 Å². The molecule has 0 aliphatic carbocycles. The van der Waals surface area contributed by atoms with Crippen LogP contribution in [-0.2, 0) is 6.42 Å². The highest BCUT2D eigenvalue weighted by molar-refractivity contribution is 6.31. The molecule has 0 aromatic heterocycles. The second kappa shape index (κ2) is 4.72. The third-order valence-electron chi connectivity index (χ3n) is 1.65. The van der Waals surface area contributed by atoms with Crippen LogP contribution in [0.1, 0.15) is 5.56 Å². The van der Waals surface area contributed by atoms with E-state index >= 15 is 0 Å². The normalized spacial score (nSPS) is 9.62. The first-order valence-corrected chi connectivity index (χ1v) is 4.34. The van der Waals surface area contributed by atoms with Gasteiger partial charge in [0.2, 0.25) is 0 Å². The molecular weight excluding hydrogens is 188 g/mol. The number of halogens is 1. The van der Waals surface area contributed by atoms with Gasteiger partial charge in [0.05, 0.1) is 0 Å². The summed E-state index contributed by atoms with van der Waals surface area (Å²) in [6.45, 7) is 0.513. The van der Waals surface area contributed by atoms with Crippen LogP contribution in [0.25, 0.3) is 0 Å². The zero-order valence-corrected chi connectivity index (χ0v) is 7.84. The number of nitrogens with one attached hydrogen (secondary N) is 1. The molecule has 0 saturated heterocycles. The van der Waals surface area contributed by atoms with Crippen LogP contribution in [-0.4, -0.2) is 12.6 Å². The molecule has 0 aliphatic heterocycles. The van der Waals surface area contributed by atoms with Gasteiger partial charge in [-0.05, 0) is 18.1 Å². The third kappa shape index (κ3) is 3.34. The number of hydrogen-bond donors (Lipinski definition) is 2. The summed E-state index contributed by atoms with van der Waals surface area (Å²) in [5.74, 6) is 0. The number of carbonyl (C=O) groups excluding carboxylic acids is 1. The van der Waals surface area contributed by atoms with Gasteiger partial charge >= 0.3 is 6.03 Å². The summed E-state index contributed by atoms with van der Waals surface area (Å²) < 4.78 is 0. The average Bonchev–Trinajstić information content (AvgIpc) is 2.08. The number of carbonyl (C=O) groups is 1. The van der Waals surface area contributed by atoms with E-state index in [9.17, 15) is 4.79 Å². The third-order valence-corrected chi connectivity index (χ3v) is 2.02. The standard InChI is InChI=1S/C9H11ClN2O/c10-8-4-2-1-3-7(8)5-6-12-9(11)13/h1-4H,5-6H2,(H3,11,12,13). The van der Waals surface area contributed by atoms with Crippen molar-refractivity contribution in [1.82, 2.24) is 5.32 Å². The average molecular weight is 199 g/mol. The highest BCUT2D eigenvalue weighted by atomic mass is 35.5. The first-order chi connectivity index (χ1) is 6.20. The molecule has 3 N–H and O–H groups in total. The molecule has 0 atom stereocenters. The summed E-state index contributed by atoms with van der Waals surface area (Å²) in [7, 11) is 0. The molecule has 70 valence electrons. The lowest BCUT2D eigenvalue weighted by atomic mass is 10.1. The smallest absolute Gasteiger partial charge is 0.312 e. The molecule has 0 fully saturated rings. The van der Waals surface area contributed by atoms with Crippen molar-refractivity contribution in [2.45, 2.75) is 6.42 Å². The molecule has 0 aliphatic rings. The molecule has 1 aromatic rings. The van der Waals surface area contributed by atoms with Gasteiger partial charge in [-0.1, -0.05) is 29.8 Å². The van der Waals surface area contributed by atoms with E-state index in [2.05, 4.69) is 5.32 Å². The van der Waals surface area contributed by atoms with Gasteiger partial charge < -0.3 is 11.1 Å². The number of amides is 2. The summed E-state index contributed by atoms with van der Waals surface area (Å²) in [6, 6.07) is 7.01. The molecule has 0 unspecified atom stereocenters. The minimum absolute atomic E-state index is 0.507. The second-order valence-corrected chi connectivity index (χ2v) is 3.04. The number of nitrogens with two attached hydrogens (primary N) is 1. The van der Waals surface area contributed by atoms with Gasteiger partial charge in [-0.2, -0.15) is 0 Å². The maximum absolute atomic E-state index is 10.4. The summed E-state index contributed by atoms with van der Waals surface area (Å²) >= 11 is 5.90. The Labute approximate surface area is 81.9 Å². The van der Waals surface area contributed by atoms with Crippen molar-refractivity contribution < 1.29 is 4.79 Å². The predicted octanol–water partition coefficient (Wildman–Crippen LogP) is 1.55. The summed E-state index contributed by atoms with van der Waals surface area (Å²) in [5.41, 5.74) is 5.92. The van der Waals surface area contributed by atoms with Crippen molar-refractivity contribution in [3.63, 3.8) is 0 Å². The molecule has 3 nitrogen and oxygen atoms in total. The molecule has 2 amide bonds. The van der Waals surface area contributed by atoms with Gasteiger partial charge in [0.1, 0.15) is 0 Å². The van der Waals surface area contributed by atoms with E-state index in [4.69, 9.17) is 17.3 Å². The largest absolute Gasteiger partial charge is 0.352 e. The number of benzene rings is 1. The fraction of sp³-hybridized carbons (Fsp3) is 0.222. The van der Waals surface area contributed by atoms with Gasteiger partial charge in [-0.3, -0.25) is 0 Å². The molecular formula is C9H11ClN2O. The Morgan fingerprint density at radius 3 is 2.77 bits per heavy atom. The minimum atomic E-state index is -0.507. The van der Waals surface area contributed by atoms with Crippen LogP contribution in [0.3, 0.4) is 0 Å². The summed E-state index contributed by atoms with van der Waals surface area (Å²) in [6.07, 6.45) is 0.697. The molecule has 0 heterocycles. The van der Waals surface area contributed by atoms with Crippen LogP contribution < -0.4 is 11.1 Å². The SMILES string of the molecule is NC(=O)NCCc1ccccc1Cl. The van der Waals surface area contributed by atoms with Crippen LogP contribution in [0.5, 0.6) is 0 Å². The van der Waals surface area contributed by atoms with E-state index in [1.807, 2.05) is 24.3 Å². The van der Waals surface area contributed by atoms with E-state index in [-0.39, 0.29) is 0 Å². The first-order valence-electron chi connectivity index (χ1n) is 3.97. The Bertz CT molecular complexity index is 301. The van der Waals surface area contributed by atoms with Crippen molar-refractivity contribution in [1.29, 1.82) is 0 Å². The Morgan fingerprint density at radius 1 is 1.46 bits per heavy atom. The van der Waals surface area contributed by atoms with Crippen molar-refractivity contribution >= 4 is 17.6 Å². The summed E-state index contributed by atoms with van der Waals surface area (Å²) in [5, 5.41) is 3.22. The van der Waals surface area contributed by atoms with Crippen molar-refractivity contribution in [3.8, 4) is 0 Å². The maximum Gasteiger partial charge on any atom is 0.312 e. The molecule has 4 heteroatoms. The van der Waals surface area contributed by atoms with Crippen LogP contribution in [0.15, 0.2) is 24.3 Å². The van der Waals surface area contributed by atoms with E-state index in [1.54, 1.807) is 0 Å². The highest BCUT2D eigenvalue weighted by Gasteiger charge is 1.98. The quantitative estimate of drug-likeness (QED) is 0.761. The van der Waals surface area contributed by atoms with E-state index in [0.29, 0.717) is 18.0 Å². The Balaban J connectivity index is 2.45. The zero-order valence-electron chi connectivity index (χ0n) is 7.09. The lowest BCUT2D eigenvalue weighted by molar-refractivity contribution is 0.249. The Morgan fingerprint density at radius 2 is 2.15 bits per heavy atom. The van der Waals surface area contributed by atoms with Gasteiger partial charge in [-0.15, -0.1) is 0 Å². The molecule has 0 bridgehead atoms. The fourth-order valence-corrected chi connectivity index (χ4v) is 1.25. The topological polar surface area (TPSA) is 55.1 Å². The van der Waals surface area contributed by atoms with Crippen molar-refractivity contribution in [2.24, 2.45) is 5.73 Å². The Hall–Kier alpha value is -1.22. The zero-order chi connectivity index (χ0) is 9.68. The minimum Gasteiger partial charge on any atom is -0.352 e. The summed E-state index contributed by atoms with van der Waals surface area (Å²) in [4.78, 5) is 10.4. The fourth-order valence-electron chi connectivity index (χ4n) is 1.02. The van der Waals surface area contributed by atoms with Gasteiger partial charge in [-0.25, -0.2) is 4.79 Å². The maximum atomic E-state index is 10.4. The predicted molar refractivity (Wildman–Crippen MR) is 52.7 cm³/mol. The van der Waals surface area contributed by atoms with Crippen LogP contribution in [0.4, 0.5) is 4.79 Å². The Kier molecular flexibility index (Phi) is 3.58. The number of hydrogen-bond acceptors (Lipinski definition) is 1. The van der Waals surface area contributed by atoms with Gasteiger partial charge in [0, 0.05) is 11.6 Å². The van der Waals surface area contributed by atoms with Crippen LogP contribution in [0.2, 0.25) is 5.02 Å². The van der Waals surface area contributed by atoms with Crippen molar-refractivity contribution in [3.05, 3.63) is 34.9 Å². The van der Waals surface area contributed by atoms with Crippen molar-refractivity contribution in [2.75, 3.05) is 6.54 Å². The van der Waals surface area contributed by atoms with Gasteiger partial charge in [0.15, 0.2) is 0 Å². The molecule has 1 rings (SSSR count). The van der Waals surface area contributed by atoms with Gasteiger partial charge in [0.25, 0.3) is 0 Å². The van der Waals surface area contributed by atoms with Crippen LogP contribution >= 0.6 is 11.6 Å². The molecule has 0 spiro atoms. The number of rotatable bonds is 3. The van der Waals surface area contributed by atoms with E-state index < -0.39 is 6.03 Å². The van der Waals surface area contributed by atoms with Crippen LogP contribution in [0, 0.1) is 0 Å². The monoisotopic (exact) mass is 198 g/mol. The first kappa shape index (κ1) is 9.86. The van der Waals surface area contributed by atoms with E-state index in [0.717, 1.165) is 5.56 Å². The molecule has 13 heavy (non-hydrogen) atoms. The molecule has 0 saturated carbocycles. The number of primary amides is 1. The lowest BCUT2D eigenvalue weighted by Crippen LogP contribution is -2.30. The second-order valence-electron chi connectivity index (χ2n) is 2.63. The number of urea groups is 1.